The number of furan rings is 1. The van der Waals surface area contributed by atoms with Gasteiger partial charge in [0.15, 0.2) is 23.1 Å². The van der Waals surface area contributed by atoms with Crippen LogP contribution in [0.5, 0.6) is 0 Å². The van der Waals surface area contributed by atoms with Gasteiger partial charge in [-0.25, -0.2) is 15.0 Å². The van der Waals surface area contributed by atoms with Gasteiger partial charge in [0.05, 0.1) is 11.0 Å². The zero-order valence-corrected chi connectivity index (χ0v) is 23.6. The maximum absolute atomic E-state index is 6.66. The van der Waals surface area contributed by atoms with E-state index in [1.54, 1.807) is 0 Å². The normalized spacial score (nSPS) is 11.6. The Balaban J connectivity index is 1.29. The van der Waals surface area contributed by atoms with E-state index in [4.69, 9.17) is 19.4 Å². The van der Waals surface area contributed by atoms with Crippen LogP contribution >= 0.6 is 0 Å². The lowest BCUT2D eigenvalue weighted by molar-refractivity contribution is 0.671. The van der Waals surface area contributed by atoms with Crippen LogP contribution in [0.15, 0.2) is 150 Å². The Morgan fingerprint density at radius 1 is 0.432 bits per heavy atom. The van der Waals surface area contributed by atoms with Gasteiger partial charge in [0, 0.05) is 43.9 Å². The number of hydrogen-bond donors (Lipinski definition) is 0. The first-order valence-electron chi connectivity index (χ1n) is 14.6. The fourth-order valence-corrected chi connectivity index (χ4v) is 6.20. The monoisotopic (exact) mass is 564 g/mol. The van der Waals surface area contributed by atoms with E-state index in [1.807, 2.05) is 78.9 Å². The summed E-state index contributed by atoms with van der Waals surface area (Å²) >= 11 is 0. The molecule has 3 aromatic heterocycles. The first-order valence-corrected chi connectivity index (χ1v) is 14.6. The maximum Gasteiger partial charge on any atom is 0.164 e. The second kappa shape index (κ2) is 9.75. The highest BCUT2D eigenvalue weighted by atomic mass is 16.3. The number of hydrogen-bond acceptors (Lipinski definition) is 4. The molecule has 0 bridgehead atoms. The topological polar surface area (TPSA) is 56.7 Å². The van der Waals surface area contributed by atoms with Crippen molar-refractivity contribution in [3.05, 3.63) is 146 Å². The van der Waals surface area contributed by atoms with Gasteiger partial charge in [0.25, 0.3) is 0 Å². The van der Waals surface area contributed by atoms with Gasteiger partial charge >= 0.3 is 0 Å². The van der Waals surface area contributed by atoms with E-state index in [9.17, 15) is 0 Å². The third kappa shape index (κ3) is 3.83. The Labute approximate surface area is 252 Å². The molecule has 0 radical (unpaired) electrons. The molecule has 0 saturated carbocycles. The second-order valence-corrected chi connectivity index (χ2v) is 10.9. The average molecular weight is 565 g/mol. The predicted molar refractivity (Wildman–Crippen MR) is 178 cm³/mol. The Bertz CT molecular complexity index is 2420. The summed E-state index contributed by atoms with van der Waals surface area (Å²) in [5.74, 6) is 1.90. The zero-order chi connectivity index (χ0) is 29.0. The molecule has 5 nitrogen and oxygen atoms in total. The highest BCUT2D eigenvalue weighted by Crippen LogP contribution is 2.41. The summed E-state index contributed by atoms with van der Waals surface area (Å²) in [5.41, 5.74) is 7.78. The molecule has 0 aliphatic carbocycles. The van der Waals surface area contributed by atoms with Crippen LogP contribution in [-0.2, 0) is 0 Å². The maximum atomic E-state index is 6.66. The van der Waals surface area contributed by atoms with Crippen molar-refractivity contribution in [2.24, 2.45) is 0 Å². The minimum atomic E-state index is 0.619. The number of rotatable bonds is 4. The molecule has 9 rings (SSSR count). The van der Waals surface area contributed by atoms with E-state index in [1.165, 1.54) is 5.39 Å². The van der Waals surface area contributed by atoms with Crippen LogP contribution in [0.3, 0.4) is 0 Å². The highest BCUT2D eigenvalue weighted by molar-refractivity contribution is 6.21. The number of para-hydroxylation sites is 2. The summed E-state index contributed by atoms with van der Waals surface area (Å²) in [5, 5.41) is 4.43. The van der Waals surface area contributed by atoms with E-state index < -0.39 is 0 Å². The summed E-state index contributed by atoms with van der Waals surface area (Å²) in [6.45, 7) is 0. The molecular formula is C39H24N4O. The van der Waals surface area contributed by atoms with Crippen LogP contribution in [-0.4, -0.2) is 19.5 Å². The van der Waals surface area contributed by atoms with Gasteiger partial charge < -0.3 is 8.98 Å². The van der Waals surface area contributed by atoms with Gasteiger partial charge in [-0.3, -0.25) is 0 Å². The third-order valence-corrected chi connectivity index (χ3v) is 8.24. The Hall–Kier alpha value is -6.07. The summed E-state index contributed by atoms with van der Waals surface area (Å²) in [6, 6.07) is 49.7. The molecule has 0 saturated heterocycles. The summed E-state index contributed by atoms with van der Waals surface area (Å²) in [6.07, 6.45) is 0. The van der Waals surface area contributed by atoms with Crippen LogP contribution < -0.4 is 0 Å². The van der Waals surface area contributed by atoms with E-state index >= 15 is 0 Å². The standard InChI is InChI=1S/C39H24N4O/c1-4-12-25(13-5-1)37-40-38(26-14-6-2-7-15-26)42-39(41-37)27-20-23-34-32(24-27)31-22-21-30-29-18-10-11-19-33(29)43(35(30)36(31)44-34)28-16-8-3-9-17-28/h1-24H. The lowest BCUT2D eigenvalue weighted by Gasteiger charge is -2.08. The molecule has 6 aromatic carbocycles. The van der Waals surface area contributed by atoms with Gasteiger partial charge in [-0.05, 0) is 42.5 Å². The van der Waals surface area contributed by atoms with E-state index in [-0.39, 0.29) is 0 Å². The minimum Gasteiger partial charge on any atom is -0.454 e. The van der Waals surface area contributed by atoms with Crippen molar-refractivity contribution in [1.29, 1.82) is 0 Å². The van der Waals surface area contributed by atoms with Crippen molar-refractivity contribution in [3.63, 3.8) is 0 Å². The van der Waals surface area contributed by atoms with Gasteiger partial charge in [-0.15, -0.1) is 0 Å². The van der Waals surface area contributed by atoms with Crippen molar-refractivity contribution >= 4 is 43.7 Å². The first kappa shape index (κ1) is 24.5. The van der Waals surface area contributed by atoms with Crippen LogP contribution in [0.25, 0.3) is 83.6 Å². The van der Waals surface area contributed by atoms with E-state index in [0.29, 0.717) is 17.5 Å². The predicted octanol–water partition coefficient (Wildman–Crippen LogP) is 9.87. The molecule has 44 heavy (non-hydrogen) atoms. The Morgan fingerprint density at radius 2 is 1.00 bits per heavy atom. The molecule has 9 aromatic rings. The lowest BCUT2D eigenvalue weighted by Crippen LogP contribution is -2.00. The Morgan fingerprint density at radius 3 is 1.68 bits per heavy atom. The van der Waals surface area contributed by atoms with Crippen molar-refractivity contribution in [2.75, 3.05) is 0 Å². The molecule has 206 valence electrons. The SMILES string of the molecule is c1ccc(-c2nc(-c3ccccc3)nc(-c3ccc4oc5c(ccc6c7ccccc7n(-c7ccccc7)c65)c4c3)n2)cc1. The van der Waals surface area contributed by atoms with Crippen molar-refractivity contribution < 1.29 is 4.42 Å². The highest BCUT2D eigenvalue weighted by Gasteiger charge is 2.20. The van der Waals surface area contributed by atoms with Crippen molar-refractivity contribution in [3.8, 4) is 39.9 Å². The number of benzene rings is 6. The molecule has 0 unspecified atom stereocenters. The summed E-state index contributed by atoms with van der Waals surface area (Å²) < 4.78 is 8.97. The first-order chi connectivity index (χ1) is 21.8. The van der Waals surface area contributed by atoms with Gasteiger partial charge in [0.2, 0.25) is 0 Å². The molecule has 0 amide bonds. The van der Waals surface area contributed by atoms with Crippen LogP contribution in [0.4, 0.5) is 0 Å². The smallest absolute Gasteiger partial charge is 0.164 e. The number of fused-ring (bicyclic) bond motifs is 7. The minimum absolute atomic E-state index is 0.619. The van der Waals surface area contributed by atoms with Crippen LogP contribution in [0.1, 0.15) is 0 Å². The fourth-order valence-electron chi connectivity index (χ4n) is 6.20. The summed E-state index contributed by atoms with van der Waals surface area (Å²) in [4.78, 5) is 14.7. The molecule has 0 atom stereocenters. The molecule has 0 N–H and O–H groups in total. The van der Waals surface area contributed by atoms with E-state index in [0.717, 1.165) is 60.7 Å². The second-order valence-electron chi connectivity index (χ2n) is 10.9. The van der Waals surface area contributed by atoms with Gasteiger partial charge in [0.1, 0.15) is 5.58 Å². The molecule has 0 fully saturated rings. The fraction of sp³-hybridized carbons (Fsp3) is 0. The molecule has 3 heterocycles. The van der Waals surface area contributed by atoms with Gasteiger partial charge in [-0.2, -0.15) is 0 Å². The van der Waals surface area contributed by atoms with Gasteiger partial charge in [-0.1, -0.05) is 103 Å². The van der Waals surface area contributed by atoms with Crippen molar-refractivity contribution in [2.45, 2.75) is 0 Å². The van der Waals surface area contributed by atoms with Crippen LogP contribution in [0.2, 0.25) is 0 Å². The molecule has 0 spiro atoms. The largest absolute Gasteiger partial charge is 0.454 e. The lowest BCUT2D eigenvalue weighted by atomic mass is 10.1. The Kier molecular flexibility index (Phi) is 5.43. The zero-order valence-electron chi connectivity index (χ0n) is 23.6. The quantitative estimate of drug-likeness (QED) is 0.213. The number of nitrogens with zero attached hydrogens (tertiary/aromatic N) is 4. The molecular weight excluding hydrogens is 540 g/mol. The third-order valence-electron chi connectivity index (χ3n) is 8.24. The molecule has 0 aliphatic rings. The summed E-state index contributed by atoms with van der Waals surface area (Å²) in [7, 11) is 0. The van der Waals surface area contributed by atoms with Crippen molar-refractivity contribution in [1.82, 2.24) is 19.5 Å². The molecule has 5 heteroatoms. The average Bonchev–Trinajstić information content (AvgIpc) is 3.65. The van der Waals surface area contributed by atoms with E-state index in [2.05, 4.69) is 71.3 Å². The number of aromatic nitrogens is 4. The molecule has 0 aliphatic heterocycles. The van der Waals surface area contributed by atoms with Crippen LogP contribution in [0, 0.1) is 0 Å².